The van der Waals surface area contributed by atoms with Crippen molar-refractivity contribution in [3.8, 4) is 5.75 Å². The quantitative estimate of drug-likeness (QED) is 0.887. The molecule has 1 N–H and O–H groups in total. The average Bonchev–Trinajstić information content (AvgIpc) is 2.81. The molecule has 20 heavy (non-hydrogen) atoms. The van der Waals surface area contributed by atoms with Crippen LogP contribution in [-0.2, 0) is 13.2 Å². The van der Waals surface area contributed by atoms with Crippen LogP contribution >= 0.6 is 11.6 Å². The zero-order valence-corrected chi connectivity index (χ0v) is 12.8. The summed E-state index contributed by atoms with van der Waals surface area (Å²) in [6.07, 6.45) is 0. The van der Waals surface area contributed by atoms with Crippen molar-refractivity contribution in [2.75, 3.05) is 0 Å². The summed E-state index contributed by atoms with van der Waals surface area (Å²) in [6, 6.07) is 11.2. The Bertz CT molecular complexity index is 558. The summed E-state index contributed by atoms with van der Waals surface area (Å²) in [6.45, 7) is 7.48. The second-order valence-electron chi connectivity index (χ2n) is 5.72. The van der Waals surface area contributed by atoms with E-state index >= 15 is 0 Å². The van der Waals surface area contributed by atoms with E-state index in [1.807, 2.05) is 30.3 Å². The van der Waals surface area contributed by atoms with Crippen molar-refractivity contribution in [1.29, 1.82) is 0 Å². The number of ether oxygens (including phenoxy) is 1. The fourth-order valence-corrected chi connectivity index (χ4v) is 1.84. The number of furan rings is 1. The SMILES string of the molecule is CC(C)(C)NCc1ccc(COc2cccc(Cl)c2)o1. The Kier molecular flexibility index (Phi) is 4.73. The summed E-state index contributed by atoms with van der Waals surface area (Å²) in [5, 5.41) is 4.04. The minimum atomic E-state index is 0.0737. The molecule has 0 fully saturated rings. The maximum Gasteiger partial charge on any atom is 0.146 e. The largest absolute Gasteiger partial charge is 0.486 e. The monoisotopic (exact) mass is 293 g/mol. The predicted molar refractivity (Wildman–Crippen MR) is 81.1 cm³/mol. The fourth-order valence-electron chi connectivity index (χ4n) is 1.66. The van der Waals surface area contributed by atoms with Gasteiger partial charge in [0, 0.05) is 10.6 Å². The third kappa shape index (κ3) is 4.91. The molecule has 0 amide bonds. The Hall–Kier alpha value is -1.45. The van der Waals surface area contributed by atoms with Gasteiger partial charge in [0.1, 0.15) is 23.9 Å². The van der Waals surface area contributed by atoms with E-state index in [9.17, 15) is 0 Å². The molecule has 0 aliphatic rings. The van der Waals surface area contributed by atoms with Gasteiger partial charge in [0.05, 0.1) is 6.54 Å². The minimum Gasteiger partial charge on any atom is -0.486 e. The Balaban J connectivity index is 1.87. The molecule has 0 atom stereocenters. The van der Waals surface area contributed by atoms with Crippen LogP contribution in [0.1, 0.15) is 32.3 Å². The first-order valence-corrected chi connectivity index (χ1v) is 7.01. The molecule has 2 rings (SSSR count). The zero-order chi connectivity index (χ0) is 14.6. The van der Waals surface area contributed by atoms with Crippen LogP contribution in [0.5, 0.6) is 5.75 Å². The molecule has 0 radical (unpaired) electrons. The third-order valence-corrected chi connectivity index (χ3v) is 2.92. The molecule has 0 aliphatic carbocycles. The molecule has 0 bridgehead atoms. The molecule has 0 saturated carbocycles. The fraction of sp³-hybridized carbons (Fsp3) is 0.375. The highest BCUT2D eigenvalue weighted by Crippen LogP contribution is 2.19. The van der Waals surface area contributed by atoms with Gasteiger partial charge in [-0.1, -0.05) is 17.7 Å². The number of nitrogens with one attached hydrogen (secondary N) is 1. The van der Waals surface area contributed by atoms with Crippen molar-refractivity contribution in [2.45, 2.75) is 39.5 Å². The number of hydrogen-bond donors (Lipinski definition) is 1. The van der Waals surface area contributed by atoms with E-state index in [1.165, 1.54) is 0 Å². The summed E-state index contributed by atoms with van der Waals surface area (Å²) in [5.74, 6) is 2.45. The minimum absolute atomic E-state index is 0.0737. The number of rotatable bonds is 5. The van der Waals surface area contributed by atoms with Crippen molar-refractivity contribution in [3.63, 3.8) is 0 Å². The van der Waals surface area contributed by atoms with E-state index in [4.69, 9.17) is 20.8 Å². The van der Waals surface area contributed by atoms with Crippen LogP contribution in [0.25, 0.3) is 0 Å². The molecular weight excluding hydrogens is 274 g/mol. The van der Waals surface area contributed by atoms with Gasteiger partial charge in [-0.15, -0.1) is 0 Å². The molecule has 2 aromatic rings. The van der Waals surface area contributed by atoms with Crippen LogP contribution in [0.15, 0.2) is 40.8 Å². The summed E-state index contributed by atoms with van der Waals surface area (Å²) >= 11 is 5.90. The topological polar surface area (TPSA) is 34.4 Å². The average molecular weight is 294 g/mol. The maximum atomic E-state index is 5.90. The van der Waals surface area contributed by atoms with Gasteiger partial charge in [0.25, 0.3) is 0 Å². The normalized spacial score (nSPS) is 11.6. The maximum absolute atomic E-state index is 5.90. The number of halogens is 1. The van der Waals surface area contributed by atoms with Gasteiger partial charge >= 0.3 is 0 Å². The van der Waals surface area contributed by atoms with Crippen LogP contribution in [-0.4, -0.2) is 5.54 Å². The summed E-state index contributed by atoms with van der Waals surface area (Å²) in [7, 11) is 0. The first-order valence-electron chi connectivity index (χ1n) is 6.63. The highest BCUT2D eigenvalue weighted by Gasteiger charge is 2.10. The van der Waals surface area contributed by atoms with Gasteiger partial charge in [0.2, 0.25) is 0 Å². The smallest absolute Gasteiger partial charge is 0.146 e. The molecule has 3 nitrogen and oxygen atoms in total. The zero-order valence-electron chi connectivity index (χ0n) is 12.1. The van der Waals surface area contributed by atoms with Gasteiger partial charge in [0.15, 0.2) is 0 Å². The molecule has 4 heteroatoms. The van der Waals surface area contributed by atoms with E-state index in [1.54, 1.807) is 6.07 Å². The number of benzene rings is 1. The Labute approximate surface area is 124 Å². The van der Waals surface area contributed by atoms with E-state index in [-0.39, 0.29) is 5.54 Å². The highest BCUT2D eigenvalue weighted by molar-refractivity contribution is 6.30. The number of hydrogen-bond acceptors (Lipinski definition) is 3. The molecular formula is C16H20ClNO2. The van der Waals surface area contributed by atoms with Crippen molar-refractivity contribution in [2.24, 2.45) is 0 Å². The molecule has 0 saturated heterocycles. The molecule has 1 heterocycles. The first kappa shape index (κ1) is 14.9. The second-order valence-corrected chi connectivity index (χ2v) is 6.15. The van der Waals surface area contributed by atoms with Crippen LogP contribution < -0.4 is 10.1 Å². The summed E-state index contributed by atoms with van der Waals surface area (Å²) in [4.78, 5) is 0. The lowest BCUT2D eigenvalue weighted by Gasteiger charge is -2.19. The van der Waals surface area contributed by atoms with Crippen molar-refractivity contribution in [1.82, 2.24) is 5.32 Å². The molecule has 108 valence electrons. The van der Waals surface area contributed by atoms with Gasteiger partial charge in [-0.05, 0) is 51.1 Å². The van der Waals surface area contributed by atoms with Crippen LogP contribution in [0.3, 0.4) is 0 Å². The predicted octanol–water partition coefficient (Wildman–Crippen LogP) is 4.40. The van der Waals surface area contributed by atoms with Crippen LogP contribution in [0.2, 0.25) is 5.02 Å². The third-order valence-electron chi connectivity index (χ3n) is 2.69. The lowest BCUT2D eigenvalue weighted by Crippen LogP contribution is -2.34. The van der Waals surface area contributed by atoms with E-state index in [0.717, 1.165) is 17.3 Å². The molecule has 0 aliphatic heterocycles. The van der Waals surface area contributed by atoms with Gasteiger partial charge in [-0.3, -0.25) is 0 Å². The Morgan fingerprint density at radius 2 is 1.90 bits per heavy atom. The van der Waals surface area contributed by atoms with Crippen LogP contribution in [0, 0.1) is 0 Å². The molecule has 1 aromatic carbocycles. The lowest BCUT2D eigenvalue weighted by atomic mass is 10.1. The molecule has 1 aromatic heterocycles. The van der Waals surface area contributed by atoms with Gasteiger partial charge in [-0.25, -0.2) is 0 Å². The van der Waals surface area contributed by atoms with Crippen molar-refractivity contribution in [3.05, 3.63) is 52.9 Å². The van der Waals surface area contributed by atoms with Crippen molar-refractivity contribution >= 4 is 11.6 Å². The van der Waals surface area contributed by atoms with E-state index in [2.05, 4.69) is 26.1 Å². The van der Waals surface area contributed by atoms with Gasteiger partial charge in [-0.2, -0.15) is 0 Å². The Morgan fingerprint density at radius 1 is 1.15 bits per heavy atom. The molecule has 0 unspecified atom stereocenters. The summed E-state index contributed by atoms with van der Waals surface area (Å²) in [5.41, 5.74) is 0.0737. The first-order chi connectivity index (χ1) is 9.42. The lowest BCUT2D eigenvalue weighted by molar-refractivity contribution is 0.263. The van der Waals surface area contributed by atoms with E-state index < -0.39 is 0 Å². The molecule has 0 spiro atoms. The van der Waals surface area contributed by atoms with E-state index in [0.29, 0.717) is 18.2 Å². The highest BCUT2D eigenvalue weighted by atomic mass is 35.5. The van der Waals surface area contributed by atoms with Crippen molar-refractivity contribution < 1.29 is 9.15 Å². The Morgan fingerprint density at radius 3 is 2.60 bits per heavy atom. The summed E-state index contributed by atoms with van der Waals surface area (Å²) < 4.78 is 11.3. The second kappa shape index (κ2) is 6.33. The van der Waals surface area contributed by atoms with Gasteiger partial charge < -0.3 is 14.5 Å². The van der Waals surface area contributed by atoms with Crippen LogP contribution in [0.4, 0.5) is 0 Å². The standard InChI is InChI=1S/C16H20ClNO2/c1-16(2,3)18-10-14-7-8-15(20-14)11-19-13-6-4-5-12(17)9-13/h4-9,18H,10-11H2,1-3H3.